The van der Waals surface area contributed by atoms with Gasteiger partial charge in [0.2, 0.25) is 0 Å². The standard InChI is InChI=1S/C13H9BrINO2/c14-9-2-4-10(5-3-9)16-13(18)8-1-6-11(15)12(17)7-8/h1-7,17H,(H,16,18). The number of rotatable bonds is 2. The molecule has 0 atom stereocenters. The van der Waals surface area contributed by atoms with Gasteiger partial charge in [0.1, 0.15) is 5.75 Å². The van der Waals surface area contributed by atoms with Gasteiger partial charge in [0.25, 0.3) is 5.91 Å². The van der Waals surface area contributed by atoms with Crippen molar-refractivity contribution in [3.63, 3.8) is 0 Å². The summed E-state index contributed by atoms with van der Waals surface area (Å²) >= 11 is 5.33. The molecular formula is C13H9BrINO2. The first-order valence-electron chi connectivity index (χ1n) is 5.12. The Hall–Kier alpha value is -1.08. The average Bonchev–Trinajstić information content (AvgIpc) is 2.35. The van der Waals surface area contributed by atoms with Crippen LogP contribution in [-0.2, 0) is 0 Å². The minimum Gasteiger partial charge on any atom is -0.507 e. The van der Waals surface area contributed by atoms with E-state index in [0.29, 0.717) is 14.8 Å². The zero-order valence-electron chi connectivity index (χ0n) is 9.15. The normalized spacial score (nSPS) is 10.1. The van der Waals surface area contributed by atoms with Crippen LogP contribution in [0.25, 0.3) is 0 Å². The highest BCUT2D eigenvalue weighted by Crippen LogP contribution is 2.21. The third-order valence-corrected chi connectivity index (χ3v) is 3.75. The molecule has 0 heterocycles. The van der Waals surface area contributed by atoms with E-state index < -0.39 is 0 Å². The van der Waals surface area contributed by atoms with Gasteiger partial charge in [0.15, 0.2) is 0 Å². The van der Waals surface area contributed by atoms with Crippen molar-refractivity contribution in [2.45, 2.75) is 0 Å². The van der Waals surface area contributed by atoms with Crippen molar-refractivity contribution in [2.24, 2.45) is 0 Å². The van der Waals surface area contributed by atoms with Gasteiger partial charge in [0, 0.05) is 15.7 Å². The minimum atomic E-state index is -0.246. The summed E-state index contributed by atoms with van der Waals surface area (Å²) in [5.74, 6) is -0.136. The second-order valence-electron chi connectivity index (χ2n) is 3.63. The van der Waals surface area contributed by atoms with Crippen molar-refractivity contribution in [3.8, 4) is 5.75 Å². The van der Waals surface area contributed by atoms with Crippen molar-refractivity contribution in [1.29, 1.82) is 0 Å². The number of carbonyl (C=O) groups excluding carboxylic acids is 1. The summed E-state index contributed by atoms with van der Waals surface area (Å²) in [6.07, 6.45) is 0. The molecule has 2 rings (SSSR count). The number of phenols is 1. The number of carbonyl (C=O) groups is 1. The maximum Gasteiger partial charge on any atom is 0.255 e. The molecule has 1 amide bonds. The van der Waals surface area contributed by atoms with E-state index in [4.69, 9.17) is 0 Å². The molecule has 2 N–H and O–H groups in total. The monoisotopic (exact) mass is 417 g/mol. The van der Waals surface area contributed by atoms with Gasteiger partial charge in [-0.15, -0.1) is 0 Å². The molecule has 5 heteroatoms. The summed E-state index contributed by atoms with van der Waals surface area (Å²) in [6, 6.07) is 12.1. The SMILES string of the molecule is O=C(Nc1ccc(Br)cc1)c1ccc(I)c(O)c1. The fourth-order valence-electron chi connectivity index (χ4n) is 1.39. The van der Waals surface area contributed by atoms with Gasteiger partial charge in [-0.3, -0.25) is 4.79 Å². The van der Waals surface area contributed by atoms with Crippen molar-refractivity contribution >= 4 is 50.1 Å². The molecule has 0 spiro atoms. The number of phenolic OH excluding ortho intramolecular Hbond substituents is 1. The molecule has 0 radical (unpaired) electrons. The van der Waals surface area contributed by atoms with E-state index in [0.717, 1.165) is 4.47 Å². The van der Waals surface area contributed by atoms with Crippen LogP contribution in [0.4, 0.5) is 5.69 Å². The van der Waals surface area contributed by atoms with Gasteiger partial charge in [-0.2, -0.15) is 0 Å². The lowest BCUT2D eigenvalue weighted by atomic mass is 10.2. The highest BCUT2D eigenvalue weighted by atomic mass is 127. The molecule has 92 valence electrons. The fraction of sp³-hybridized carbons (Fsp3) is 0. The Labute approximate surface area is 126 Å². The predicted octanol–water partition coefficient (Wildman–Crippen LogP) is 4.01. The summed E-state index contributed by atoms with van der Waals surface area (Å²) in [5, 5.41) is 12.3. The lowest BCUT2D eigenvalue weighted by Gasteiger charge is -2.06. The molecule has 0 saturated carbocycles. The molecule has 0 fully saturated rings. The molecule has 3 nitrogen and oxygen atoms in total. The Morgan fingerprint density at radius 3 is 2.44 bits per heavy atom. The van der Waals surface area contributed by atoms with Crippen LogP contribution in [0.5, 0.6) is 5.75 Å². The van der Waals surface area contributed by atoms with Crippen LogP contribution in [0, 0.1) is 3.57 Å². The second kappa shape index (κ2) is 5.71. The molecule has 18 heavy (non-hydrogen) atoms. The minimum absolute atomic E-state index is 0.110. The van der Waals surface area contributed by atoms with Gasteiger partial charge in [0.05, 0.1) is 3.57 Å². The highest BCUT2D eigenvalue weighted by Gasteiger charge is 2.08. The summed E-state index contributed by atoms with van der Waals surface area (Å²) in [7, 11) is 0. The van der Waals surface area contributed by atoms with Crippen molar-refractivity contribution < 1.29 is 9.90 Å². The van der Waals surface area contributed by atoms with E-state index in [1.165, 1.54) is 6.07 Å². The number of hydrogen-bond donors (Lipinski definition) is 2. The topological polar surface area (TPSA) is 49.3 Å². The Balaban J connectivity index is 2.16. The molecule has 0 aliphatic rings. The summed E-state index contributed by atoms with van der Waals surface area (Å²) in [6.45, 7) is 0. The van der Waals surface area contributed by atoms with Crippen molar-refractivity contribution in [2.75, 3.05) is 5.32 Å². The third kappa shape index (κ3) is 3.23. The summed E-state index contributed by atoms with van der Waals surface area (Å²) in [4.78, 5) is 11.9. The molecule has 2 aromatic rings. The first-order chi connectivity index (χ1) is 8.56. The Morgan fingerprint density at radius 1 is 1.17 bits per heavy atom. The highest BCUT2D eigenvalue weighted by molar-refractivity contribution is 14.1. The molecule has 0 aliphatic heterocycles. The van der Waals surface area contributed by atoms with Crippen LogP contribution in [-0.4, -0.2) is 11.0 Å². The maximum atomic E-state index is 11.9. The Morgan fingerprint density at radius 2 is 1.83 bits per heavy atom. The molecule has 0 saturated heterocycles. The molecular weight excluding hydrogens is 409 g/mol. The van der Waals surface area contributed by atoms with Crippen LogP contribution in [0.1, 0.15) is 10.4 Å². The van der Waals surface area contributed by atoms with E-state index in [9.17, 15) is 9.90 Å². The van der Waals surface area contributed by atoms with E-state index in [2.05, 4.69) is 21.2 Å². The van der Waals surface area contributed by atoms with Crippen LogP contribution in [0.15, 0.2) is 46.9 Å². The van der Waals surface area contributed by atoms with Crippen molar-refractivity contribution in [3.05, 3.63) is 56.1 Å². The summed E-state index contributed by atoms with van der Waals surface area (Å²) < 4.78 is 1.67. The number of nitrogens with one attached hydrogen (secondary N) is 1. The van der Waals surface area contributed by atoms with Crippen LogP contribution in [0.3, 0.4) is 0 Å². The number of aromatic hydroxyl groups is 1. The van der Waals surface area contributed by atoms with Gasteiger partial charge in [-0.1, -0.05) is 15.9 Å². The number of anilines is 1. The molecule has 0 aliphatic carbocycles. The van der Waals surface area contributed by atoms with Gasteiger partial charge < -0.3 is 10.4 Å². The van der Waals surface area contributed by atoms with Gasteiger partial charge >= 0.3 is 0 Å². The van der Waals surface area contributed by atoms with Crippen LogP contribution in [0.2, 0.25) is 0 Å². The largest absolute Gasteiger partial charge is 0.507 e. The van der Waals surface area contributed by atoms with Gasteiger partial charge in [-0.25, -0.2) is 0 Å². The molecule has 0 aromatic heterocycles. The molecule has 2 aromatic carbocycles. The zero-order chi connectivity index (χ0) is 13.1. The van der Waals surface area contributed by atoms with E-state index in [1.54, 1.807) is 24.3 Å². The average molecular weight is 418 g/mol. The fourth-order valence-corrected chi connectivity index (χ4v) is 1.99. The first-order valence-corrected chi connectivity index (χ1v) is 6.99. The number of hydrogen-bond acceptors (Lipinski definition) is 2. The predicted molar refractivity (Wildman–Crippen MR) is 82.9 cm³/mol. The number of amides is 1. The van der Waals surface area contributed by atoms with Crippen LogP contribution >= 0.6 is 38.5 Å². The van der Waals surface area contributed by atoms with Crippen molar-refractivity contribution in [1.82, 2.24) is 0 Å². The van der Waals surface area contributed by atoms with E-state index >= 15 is 0 Å². The molecule has 0 unspecified atom stereocenters. The van der Waals surface area contributed by atoms with Gasteiger partial charge in [-0.05, 0) is 65.1 Å². The van der Waals surface area contributed by atoms with E-state index in [-0.39, 0.29) is 11.7 Å². The zero-order valence-corrected chi connectivity index (χ0v) is 12.9. The Bertz CT molecular complexity index is 584. The van der Waals surface area contributed by atoms with E-state index in [1.807, 2.05) is 34.7 Å². The number of halogens is 2. The summed E-state index contributed by atoms with van der Waals surface area (Å²) in [5.41, 5.74) is 1.14. The lowest BCUT2D eigenvalue weighted by Crippen LogP contribution is -2.11. The Kier molecular flexibility index (Phi) is 4.23. The lowest BCUT2D eigenvalue weighted by molar-refractivity contribution is 0.102. The smallest absolute Gasteiger partial charge is 0.255 e. The van der Waals surface area contributed by atoms with Crippen LogP contribution < -0.4 is 5.32 Å². The quantitative estimate of drug-likeness (QED) is 0.725. The molecule has 0 bridgehead atoms. The maximum absolute atomic E-state index is 11.9. The third-order valence-electron chi connectivity index (χ3n) is 2.31. The first kappa shape index (κ1) is 13.4. The second-order valence-corrected chi connectivity index (χ2v) is 5.71. The number of benzene rings is 2.